The minimum atomic E-state index is -0.334. The van der Waals surface area contributed by atoms with Crippen LogP contribution in [0.5, 0.6) is 0 Å². The average Bonchev–Trinajstić information content (AvgIpc) is 2.24. The Morgan fingerprint density at radius 1 is 1.60 bits per heavy atom. The molecule has 1 atom stereocenters. The van der Waals surface area contributed by atoms with Crippen molar-refractivity contribution >= 4 is 11.6 Å². The number of nitrogens with two attached hydrogens (primary N) is 1. The first kappa shape index (κ1) is 12.0. The standard InChI is InChI=1S/C11H12ClFN2/c1-2-5-15-11(7-14)9-6-8(12)3-4-10(9)13/h1,3-4,6,11,15H,5,7,14H2. The summed E-state index contributed by atoms with van der Waals surface area (Å²) in [5, 5.41) is 3.42. The molecular weight excluding hydrogens is 215 g/mol. The summed E-state index contributed by atoms with van der Waals surface area (Å²) in [6, 6.07) is 4.06. The SMILES string of the molecule is C#CCNC(CN)c1cc(Cl)ccc1F. The number of hydrogen-bond acceptors (Lipinski definition) is 2. The molecule has 2 nitrogen and oxygen atoms in total. The third-order valence-corrected chi connectivity index (χ3v) is 2.25. The number of hydrogen-bond donors (Lipinski definition) is 2. The molecule has 0 aromatic heterocycles. The Bertz CT molecular complexity index is 373. The summed E-state index contributed by atoms with van der Waals surface area (Å²) in [6.07, 6.45) is 5.10. The molecule has 0 saturated heterocycles. The first-order valence-electron chi connectivity index (χ1n) is 4.51. The highest BCUT2D eigenvalue weighted by Gasteiger charge is 2.13. The molecule has 0 aliphatic rings. The van der Waals surface area contributed by atoms with Crippen LogP contribution in [0, 0.1) is 18.2 Å². The molecule has 0 saturated carbocycles. The van der Waals surface area contributed by atoms with E-state index in [0.29, 0.717) is 17.1 Å². The Morgan fingerprint density at radius 2 is 2.33 bits per heavy atom. The number of terminal acetylenes is 1. The molecule has 0 heterocycles. The molecule has 0 aliphatic heterocycles. The van der Waals surface area contributed by atoms with Gasteiger partial charge in [0.1, 0.15) is 5.82 Å². The Hall–Kier alpha value is -1.08. The molecule has 1 unspecified atom stereocenters. The Labute approximate surface area is 93.6 Å². The molecule has 0 radical (unpaired) electrons. The predicted molar refractivity (Wildman–Crippen MR) is 60.0 cm³/mol. The largest absolute Gasteiger partial charge is 0.329 e. The van der Waals surface area contributed by atoms with Crippen LogP contribution in [0.1, 0.15) is 11.6 Å². The molecule has 1 aromatic carbocycles. The van der Waals surface area contributed by atoms with Gasteiger partial charge < -0.3 is 5.73 Å². The van der Waals surface area contributed by atoms with Gasteiger partial charge in [0.2, 0.25) is 0 Å². The van der Waals surface area contributed by atoms with Crippen molar-refractivity contribution in [2.75, 3.05) is 13.1 Å². The topological polar surface area (TPSA) is 38.0 Å². The number of nitrogens with one attached hydrogen (secondary N) is 1. The van der Waals surface area contributed by atoms with Crippen molar-refractivity contribution in [3.63, 3.8) is 0 Å². The summed E-state index contributed by atoms with van der Waals surface area (Å²) in [7, 11) is 0. The van der Waals surface area contributed by atoms with Gasteiger partial charge in [-0.3, -0.25) is 5.32 Å². The number of halogens is 2. The Morgan fingerprint density at radius 3 is 2.93 bits per heavy atom. The molecular formula is C11H12ClFN2. The monoisotopic (exact) mass is 226 g/mol. The van der Waals surface area contributed by atoms with Gasteiger partial charge in [-0.2, -0.15) is 0 Å². The van der Waals surface area contributed by atoms with Crippen LogP contribution < -0.4 is 11.1 Å². The van der Waals surface area contributed by atoms with Crippen LogP contribution in [0.2, 0.25) is 5.02 Å². The maximum atomic E-state index is 13.4. The van der Waals surface area contributed by atoms with Gasteiger partial charge in [-0.1, -0.05) is 17.5 Å². The molecule has 0 fully saturated rings. The third-order valence-electron chi connectivity index (χ3n) is 2.02. The van der Waals surface area contributed by atoms with Crippen LogP contribution in [-0.4, -0.2) is 13.1 Å². The second-order valence-electron chi connectivity index (χ2n) is 3.04. The zero-order valence-electron chi connectivity index (χ0n) is 8.13. The average molecular weight is 227 g/mol. The van der Waals surface area contributed by atoms with E-state index in [1.165, 1.54) is 12.1 Å². The van der Waals surface area contributed by atoms with E-state index in [-0.39, 0.29) is 18.4 Å². The van der Waals surface area contributed by atoms with E-state index in [1.54, 1.807) is 6.07 Å². The van der Waals surface area contributed by atoms with Crippen molar-refractivity contribution in [1.82, 2.24) is 5.32 Å². The van der Waals surface area contributed by atoms with E-state index >= 15 is 0 Å². The first-order chi connectivity index (χ1) is 7.19. The van der Waals surface area contributed by atoms with E-state index < -0.39 is 0 Å². The lowest BCUT2D eigenvalue weighted by atomic mass is 10.1. The highest BCUT2D eigenvalue weighted by Crippen LogP contribution is 2.20. The fourth-order valence-electron chi connectivity index (χ4n) is 1.28. The summed E-state index contributed by atoms with van der Waals surface area (Å²) in [6.45, 7) is 0.604. The van der Waals surface area contributed by atoms with Crippen molar-refractivity contribution in [2.45, 2.75) is 6.04 Å². The summed E-state index contributed by atoms with van der Waals surface area (Å²) >= 11 is 5.78. The van der Waals surface area contributed by atoms with Crippen LogP contribution in [-0.2, 0) is 0 Å². The molecule has 0 aliphatic carbocycles. The van der Waals surface area contributed by atoms with Gasteiger partial charge in [-0.25, -0.2) is 4.39 Å². The Balaban J connectivity index is 2.91. The molecule has 0 amide bonds. The quantitative estimate of drug-likeness (QED) is 0.767. The van der Waals surface area contributed by atoms with E-state index in [0.717, 1.165) is 0 Å². The molecule has 4 heteroatoms. The maximum absolute atomic E-state index is 13.4. The molecule has 0 bridgehead atoms. The first-order valence-corrected chi connectivity index (χ1v) is 4.88. The number of benzene rings is 1. The second kappa shape index (κ2) is 5.72. The zero-order chi connectivity index (χ0) is 11.3. The fraction of sp³-hybridized carbons (Fsp3) is 0.273. The smallest absolute Gasteiger partial charge is 0.128 e. The number of rotatable bonds is 4. The van der Waals surface area contributed by atoms with Crippen LogP contribution in [0.3, 0.4) is 0 Å². The van der Waals surface area contributed by atoms with Gasteiger partial charge in [0.25, 0.3) is 0 Å². The molecule has 15 heavy (non-hydrogen) atoms. The summed E-state index contributed by atoms with van der Waals surface area (Å²) in [5.41, 5.74) is 5.97. The molecule has 3 N–H and O–H groups in total. The third kappa shape index (κ3) is 3.21. The van der Waals surface area contributed by atoms with E-state index in [2.05, 4.69) is 11.2 Å². The highest BCUT2D eigenvalue weighted by molar-refractivity contribution is 6.30. The lowest BCUT2D eigenvalue weighted by Gasteiger charge is -2.16. The Kier molecular flexibility index (Phi) is 4.57. The van der Waals surface area contributed by atoms with Crippen LogP contribution in [0.4, 0.5) is 4.39 Å². The van der Waals surface area contributed by atoms with Crippen LogP contribution >= 0.6 is 11.6 Å². The van der Waals surface area contributed by atoms with Gasteiger partial charge in [0.05, 0.1) is 6.54 Å². The minimum Gasteiger partial charge on any atom is -0.329 e. The van der Waals surface area contributed by atoms with Gasteiger partial charge in [0.15, 0.2) is 0 Å². The summed E-state index contributed by atoms with van der Waals surface area (Å²) in [4.78, 5) is 0. The molecule has 0 spiro atoms. The van der Waals surface area contributed by atoms with Crippen LogP contribution in [0.25, 0.3) is 0 Å². The summed E-state index contributed by atoms with van der Waals surface area (Å²) in [5.74, 6) is 2.08. The van der Waals surface area contributed by atoms with E-state index in [9.17, 15) is 4.39 Å². The highest BCUT2D eigenvalue weighted by atomic mass is 35.5. The van der Waals surface area contributed by atoms with Crippen LogP contribution in [0.15, 0.2) is 18.2 Å². The lowest BCUT2D eigenvalue weighted by molar-refractivity contribution is 0.530. The van der Waals surface area contributed by atoms with E-state index in [1.807, 2.05) is 0 Å². The van der Waals surface area contributed by atoms with Gasteiger partial charge >= 0.3 is 0 Å². The maximum Gasteiger partial charge on any atom is 0.128 e. The van der Waals surface area contributed by atoms with Crippen molar-refractivity contribution in [1.29, 1.82) is 0 Å². The minimum absolute atomic E-state index is 0.263. The van der Waals surface area contributed by atoms with E-state index in [4.69, 9.17) is 23.8 Å². The van der Waals surface area contributed by atoms with Crippen molar-refractivity contribution < 1.29 is 4.39 Å². The molecule has 80 valence electrons. The second-order valence-corrected chi connectivity index (χ2v) is 3.48. The van der Waals surface area contributed by atoms with Crippen molar-refractivity contribution in [2.24, 2.45) is 5.73 Å². The van der Waals surface area contributed by atoms with Gasteiger partial charge in [-0.05, 0) is 18.2 Å². The van der Waals surface area contributed by atoms with Gasteiger partial charge in [-0.15, -0.1) is 6.42 Å². The van der Waals surface area contributed by atoms with Gasteiger partial charge in [0, 0.05) is 23.2 Å². The van der Waals surface area contributed by atoms with Crippen molar-refractivity contribution in [3.8, 4) is 12.3 Å². The zero-order valence-corrected chi connectivity index (χ0v) is 8.89. The predicted octanol–water partition coefficient (Wildman–Crippen LogP) is 1.70. The summed E-state index contributed by atoms with van der Waals surface area (Å²) < 4.78 is 13.4. The van der Waals surface area contributed by atoms with Crippen molar-refractivity contribution in [3.05, 3.63) is 34.6 Å². The molecule has 1 rings (SSSR count). The lowest BCUT2D eigenvalue weighted by Crippen LogP contribution is -2.29. The fourth-order valence-corrected chi connectivity index (χ4v) is 1.46. The normalized spacial score (nSPS) is 12.1. The molecule has 1 aromatic rings.